The van der Waals surface area contributed by atoms with Crippen LogP contribution >= 0.6 is 15.9 Å². The van der Waals surface area contributed by atoms with Crippen LogP contribution in [-0.2, 0) is 4.79 Å². The molecule has 1 aromatic carbocycles. The fourth-order valence-corrected chi connectivity index (χ4v) is 3.64. The first kappa shape index (κ1) is 17.1. The lowest BCUT2D eigenvalue weighted by atomic mass is 9.92. The number of rotatable bonds is 4. The molecule has 1 aliphatic heterocycles. The fraction of sp³-hybridized carbons (Fsp3) is 0.368. The van der Waals surface area contributed by atoms with Crippen LogP contribution < -0.4 is 0 Å². The Balaban J connectivity index is 1.93. The minimum absolute atomic E-state index is 0.0639. The molecule has 2 aromatic rings. The largest absolute Gasteiger partial charge is 0.481 e. The van der Waals surface area contributed by atoms with Crippen LogP contribution in [0.15, 0.2) is 47.1 Å². The molecular formula is C19H21BrN2O2. The molecule has 126 valence electrons. The molecule has 1 saturated heterocycles. The van der Waals surface area contributed by atoms with Crippen molar-refractivity contribution in [2.75, 3.05) is 13.1 Å². The Bertz CT molecular complexity index is 710. The van der Waals surface area contributed by atoms with Crippen molar-refractivity contribution in [3.8, 4) is 0 Å². The number of carbonyl (C=O) groups is 1. The SMILES string of the molecule is Cc1cccnc1C(c1ccc(Br)cc1)N1CCC(C(=O)O)CC1. The third kappa shape index (κ3) is 3.68. The van der Waals surface area contributed by atoms with Crippen molar-refractivity contribution in [3.63, 3.8) is 0 Å². The number of halogens is 1. The van der Waals surface area contributed by atoms with Crippen LogP contribution in [0.1, 0.15) is 35.7 Å². The summed E-state index contributed by atoms with van der Waals surface area (Å²) in [6, 6.07) is 12.4. The highest BCUT2D eigenvalue weighted by Gasteiger charge is 2.31. The molecule has 0 amide bonds. The lowest BCUT2D eigenvalue weighted by Gasteiger charge is -2.37. The molecule has 1 fully saturated rings. The lowest BCUT2D eigenvalue weighted by molar-refractivity contribution is -0.143. The Morgan fingerprint density at radius 1 is 1.25 bits per heavy atom. The summed E-state index contributed by atoms with van der Waals surface area (Å²) in [5, 5.41) is 9.24. The second-order valence-corrected chi connectivity index (χ2v) is 7.22. The van der Waals surface area contributed by atoms with E-state index >= 15 is 0 Å². The normalized spacial score (nSPS) is 17.6. The number of benzene rings is 1. The first-order chi connectivity index (χ1) is 11.6. The number of aliphatic carboxylic acids is 1. The summed E-state index contributed by atoms with van der Waals surface area (Å²) < 4.78 is 1.05. The first-order valence-corrected chi connectivity index (χ1v) is 8.99. The molecule has 0 aliphatic carbocycles. The summed E-state index contributed by atoms with van der Waals surface area (Å²) in [5.74, 6) is -0.902. The summed E-state index contributed by atoms with van der Waals surface area (Å²) in [7, 11) is 0. The van der Waals surface area contributed by atoms with E-state index in [1.807, 2.05) is 24.4 Å². The topological polar surface area (TPSA) is 53.4 Å². The Labute approximate surface area is 150 Å². The molecular weight excluding hydrogens is 368 g/mol. The van der Waals surface area contributed by atoms with E-state index in [-0.39, 0.29) is 12.0 Å². The van der Waals surface area contributed by atoms with Gasteiger partial charge in [-0.2, -0.15) is 0 Å². The van der Waals surface area contributed by atoms with Gasteiger partial charge in [-0.3, -0.25) is 14.7 Å². The van der Waals surface area contributed by atoms with Crippen LogP contribution in [0.25, 0.3) is 0 Å². The van der Waals surface area contributed by atoms with E-state index in [1.165, 1.54) is 5.56 Å². The van der Waals surface area contributed by atoms with Gasteiger partial charge in [0.1, 0.15) is 0 Å². The number of hydrogen-bond donors (Lipinski definition) is 1. The van der Waals surface area contributed by atoms with Gasteiger partial charge in [-0.15, -0.1) is 0 Å². The van der Waals surface area contributed by atoms with Crippen molar-refractivity contribution in [1.82, 2.24) is 9.88 Å². The van der Waals surface area contributed by atoms with E-state index in [0.29, 0.717) is 12.8 Å². The minimum Gasteiger partial charge on any atom is -0.481 e. The quantitative estimate of drug-likeness (QED) is 0.858. The number of likely N-dealkylation sites (tertiary alicyclic amines) is 1. The molecule has 0 spiro atoms. The van der Waals surface area contributed by atoms with Gasteiger partial charge in [0.2, 0.25) is 0 Å². The second-order valence-electron chi connectivity index (χ2n) is 6.31. The average molecular weight is 389 g/mol. The monoisotopic (exact) mass is 388 g/mol. The average Bonchev–Trinajstić information content (AvgIpc) is 2.59. The van der Waals surface area contributed by atoms with E-state index in [1.54, 1.807) is 0 Å². The number of carboxylic acids is 1. The highest BCUT2D eigenvalue weighted by molar-refractivity contribution is 9.10. The Kier molecular flexibility index (Phi) is 5.31. The molecule has 1 atom stereocenters. The maximum Gasteiger partial charge on any atom is 0.306 e. The van der Waals surface area contributed by atoms with E-state index in [9.17, 15) is 9.90 Å². The summed E-state index contributed by atoms with van der Waals surface area (Å²) in [5.41, 5.74) is 3.40. The van der Waals surface area contributed by atoms with Crippen molar-refractivity contribution in [2.24, 2.45) is 5.92 Å². The summed E-state index contributed by atoms with van der Waals surface area (Å²) in [4.78, 5) is 18.2. The third-order valence-electron chi connectivity index (χ3n) is 4.74. The summed E-state index contributed by atoms with van der Waals surface area (Å²) >= 11 is 3.49. The van der Waals surface area contributed by atoms with Crippen LogP contribution in [-0.4, -0.2) is 34.0 Å². The molecule has 1 unspecified atom stereocenters. The zero-order chi connectivity index (χ0) is 17.1. The van der Waals surface area contributed by atoms with Crippen molar-refractivity contribution in [2.45, 2.75) is 25.8 Å². The molecule has 4 nitrogen and oxygen atoms in total. The molecule has 1 N–H and O–H groups in total. The Morgan fingerprint density at radius 3 is 2.50 bits per heavy atom. The van der Waals surface area contributed by atoms with Crippen LogP contribution in [0.2, 0.25) is 0 Å². The van der Waals surface area contributed by atoms with Crippen LogP contribution in [0, 0.1) is 12.8 Å². The maximum absolute atomic E-state index is 11.2. The zero-order valence-electron chi connectivity index (χ0n) is 13.7. The van der Waals surface area contributed by atoms with Crippen molar-refractivity contribution >= 4 is 21.9 Å². The number of hydrogen-bond acceptors (Lipinski definition) is 3. The van der Waals surface area contributed by atoms with Gasteiger partial charge in [-0.25, -0.2) is 0 Å². The molecule has 5 heteroatoms. The van der Waals surface area contributed by atoms with Gasteiger partial charge in [0.15, 0.2) is 0 Å². The molecule has 1 aromatic heterocycles. The zero-order valence-corrected chi connectivity index (χ0v) is 15.2. The Morgan fingerprint density at radius 2 is 1.92 bits per heavy atom. The van der Waals surface area contributed by atoms with Crippen molar-refractivity contribution in [1.29, 1.82) is 0 Å². The second kappa shape index (κ2) is 7.45. The standard InChI is InChI=1S/C19H21BrN2O2/c1-13-3-2-10-21-17(13)18(14-4-6-16(20)7-5-14)22-11-8-15(9-12-22)19(23)24/h2-7,10,15,18H,8-9,11-12H2,1H3,(H,23,24). The third-order valence-corrected chi connectivity index (χ3v) is 5.27. The number of aromatic nitrogens is 1. The number of nitrogens with zero attached hydrogens (tertiary/aromatic N) is 2. The van der Waals surface area contributed by atoms with Crippen molar-refractivity contribution < 1.29 is 9.90 Å². The summed E-state index contributed by atoms with van der Waals surface area (Å²) in [6.07, 6.45) is 3.21. The van der Waals surface area contributed by atoms with Gasteiger partial charge >= 0.3 is 5.97 Å². The van der Waals surface area contributed by atoms with Gasteiger partial charge in [0.05, 0.1) is 17.7 Å². The van der Waals surface area contributed by atoms with Gasteiger partial charge in [0, 0.05) is 10.7 Å². The predicted octanol–water partition coefficient (Wildman–Crippen LogP) is 4.04. The van der Waals surface area contributed by atoms with Crippen LogP contribution in [0.3, 0.4) is 0 Å². The van der Waals surface area contributed by atoms with E-state index in [0.717, 1.165) is 28.8 Å². The molecule has 0 saturated carbocycles. The van der Waals surface area contributed by atoms with Gasteiger partial charge in [0.25, 0.3) is 0 Å². The van der Waals surface area contributed by atoms with Crippen LogP contribution in [0.5, 0.6) is 0 Å². The highest BCUT2D eigenvalue weighted by Crippen LogP contribution is 2.33. The molecule has 2 heterocycles. The Hall–Kier alpha value is -1.72. The molecule has 0 bridgehead atoms. The maximum atomic E-state index is 11.2. The van der Waals surface area contributed by atoms with Gasteiger partial charge in [-0.1, -0.05) is 34.1 Å². The summed E-state index contributed by atoms with van der Waals surface area (Å²) in [6.45, 7) is 3.62. The highest BCUT2D eigenvalue weighted by atomic mass is 79.9. The van der Waals surface area contributed by atoms with Gasteiger partial charge in [-0.05, 0) is 62.2 Å². The first-order valence-electron chi connectivity index (χ1n) is 8.20. The van der Waals surface area contributed by atoms with Crippen molar-refractivity contribution in [3.05, 3.63) is 63.9 Å². The molecule has 0 radical (unpaired) electrons. The van der Waals surface area contributed by atoms with Crippen LogP contribution in [0.4, 0.5) is 0 Å². The van der Waals surface area contributed by atoms with E-state index in [4.69, 9.17) is 0 Å². The molecule has 3 rings (SSSR count). The smallest absolute Gasteiger partial charge is 0.306 e. The van der Waals surface area contributed by atoms with Gasteiger partial charge < -0.3 is 5.11 Å². The predicted molar refractivity (Wildman–Crippen MR) is 96.9 cm³/mol. The number of pyridine rings is 1. The fourth-order valence-electron chi connectivity index (χ4n) is 3.38. The van der Waals surface area contributed by atoms with E-state index in [2.05, 4.69) is 50.9 Å². The minimum atomic E-state index is -0.677. The number of carboxylic acid groups (broad SMARTS) is 1. The molecule has 1 aliphatic rings. The number of aryl methyl sites for hydroxylation is 1. The number of piperidine rings is 1. The molecule has 24 heavy (non-hydrogen) atoms. The lowest BCUT2D eigenvalue weighted by Crippen LogP contribution is -2.39. The van der Waals surface area contributed by atoms with E-state index < -0.39 is 5.97 Å².